The lowest BCUT2D eigenvalue weighted by Gasteiger charge is -2.08. The van der Waals surface area contributed by atoms with E-state index in [0.29, 0.717) is 27.8 Å². The Balaban J connectivity index is 1.83. The molecule has 2 aromatic heterocycles. The van der Waals surface area contributed by atoms with Crippen molar-refractivity contribution in [1.29, 1.82) is 0 Å². The molecule has 0 fully saturated rings. The Kier molecular flexibility index (Phi) is 4.33. The molecule has 2 heterocycles. The van der Waals surface area contributed by atoms with Crippen molar-refractivity contribution in [3.05, 3.63) is 76.4 Å². The van der Waals surface area contributed by atoms with Gasteiger partial charge in [-0.15, -0.1) is 0 Å². The molecular weight excluding hydrogens is 366 g/mol. The number of methoxy groups -OCH3 is 2. The fraction of sp³-hybridized carbons (Fsp3) is 0.100. The lowest BCUT2D eigenvalue weighted by Crippen LogP contribution is -2.19. The monoisotopic (exact) mass is 381 g/mol. The molecule has 0 aliphatic carbocycles. The number of imidazole rings is 1. The fourth-order valence-electron chi connectivity index (χ4n) is 2.91. The van der Waals surface area contributed by atoms with Gasteiger partial charge in [-0.05, 0) is 30.3 Å². The summed E-state index contributed by atoms with van der Waals surface area (Å²) < 4.78 is 13.6. The topological polar surface area (TPSA) is 57.8 Å². The lowest BCUT2D eigenvalue weighted by atomic mass is 10.1. The highest BCUT2D eigenvalue weighted by atomic mass is 35.5. The molecule has 6 nitrogen and oxygen atoms in total. The zero-order chi connectivity index (χ0) is 19.0. The van der Waals surface area contributed by atoms with Gasteiger partial charge < -0.3 is 13.9 Å². The van der Waals surface area contributed by atoms with E-state index in [1.807, 2.05) is 30.5 Å². The average molecular weight is 382 g/mol. The second-order valence-corrected chi connectivity index (χ2v) is 6.29. The van der Waals surface area contributed by atoms with Crippen LogP contribution in [-0.2, 0) is 0 Å². The normalized spacial score (nSPS) is 10.9. The third-order valence-corrected chi connectivity index (χ3v) is 4.59. The Morgan fingerprint density at radius 2 is 1.89 bits per heavy atom. The van der Waals surface area contributed by atoms with E-state index in [2.05, 4.69) is 4.98 Å². The van der Waals surface area contributed by atoms with E-state index in [-0.39, 0.29) is 5.56 Å². The number of halogens is 1. The van der Waals surface area contributed by atoms with E-state index in [4.69, 9.17) is 21.1 Å². The Morgan fingerprint density at radius 3 is 2.63 bits per heavy atom. The van der Waals surface area contributed by atoms with E-state index in [1.54, 1.807) is 49.2 Å². The van der Waals surface area contributed by atoms with Crippen molar-refractivity contribution in [2.45, 2.75) is 0 Å². The van der Waals surface area contributed by atoms with Gasteiger partial charge >= 0.3 is 0 Å². The molecule has 0 saturated heterocycles. The lowest BCUT2D eigenvalue weighted by molar-refractivity contribution is 0.415. The summed E-state index contributed by atoms with van der Waals surface area (Å²) in [7, 11) is 3.16. The van der Waals surface area contributed by atoms with Crippen molar-refractivity contribution in [2.75, 3.05) is 14.2 Å². The van der Waals surface area contributed by atoms with Crippen molar-refractivity contribution in [1.82, 2.24) is 14.0 Å². The molecule has 4 rings (SSSR count). The third-order valence-electron chi connectivity index (χ3n) is 4.30. The molecule has 0 unspecified atom stereocenters. The van der Waals surface area contributed by atoms with Crippen molar-refractivity contribution in [3.8, 4) is 28.4 Å². The first-order valence-electron chi connectivity index (χ1n) is 8.19. The maximum Gasteiger partial charge on any atom is 0.298 e. The SMILES string of the molecule is COc1cccc(-c2cn3ccn(-c4ccc(OC)c(Cl)c4)c(=O)c3n2)c1. The summed E-state index contributed by atoms with van der Waals surface area (Å²) in [6, 6.07) is 12.7. The predicted octanol–water partition coefficient (Wildman–Crippen LogP) is 3.82. The summed E-state index contributed by atoms with van der Waals surface area (Å²) in [5.74, 6) is 1.28. The highest BCUT2D eigenvalue weighted by Gasteiger charge is 2.12. The summed E-state index contributed by atoms with van der Waals surface area (Å²) in [4.78, 5) is 17.5. The van der Waals surface area contributed by atoms with Crippen LogP contribution in [0.3, 0.4) is 0 Å². The number of rotatable bonds is 4. The zero-order valence-electron chi connectivity index (χ0n) is 14.7. The van der Waals surface area contributed by atoms with Gasteiger partial charge in [0.25, 0.3) is 5.56 Å². The first-order valence-corrected chi connectivity index (χ1v) is 8.57. The van der Waals surface area contributed by atoms with Gasteiger partial charge in [0.15, 0.2) is 0 Å². The van der Waals surface area contributed by atoms with Crippen molar-refractivity contribution in [2.24, 2.45) is 0 Å². The minimum absolute atomic E-state index is 0.243. The molecule has 0 aliphatic heterocycles. The number of aromatic nitrogens is 3. The number of hydrogen-bond acceptors (Lipinski definition) is 4. The third kappa shape index (κ3) is 3.04. The number of nitrogens with zero attached hydrogens (tertiary/aromatic N) is 3. The van der Waals surface area contributed by atoms with Gasteiger partial charge in [-0.1, -0.05) is 23.7 Å². The molecule has 0 N–H and O–H groups in total. The maximum atomic E-state index is 12.9. The summed E-state index contributed by atoms with van der Waals surface area (Å²) in [5.41, 5.74) is 2.28. The Labute approximate surface area is 160 Å². The Bertz CT molecular complexity index is 1200. The molecule has 0 spiro atoms. The van der Waals surface area contributed by atoms with Crippen molar-refractivity contribution >= 4 is 17.2 Å². The van der Waals surface area contributed by atoms with Crippen LogP contribution in [0.5, 0.6) is 11.5 Å². The van der Waals surface area contributed by atoms with Crippen molar-refractivity contribution < 1.29 is 9.47 Å². The summed E-state index contributed by atoms with van der Waals surface area (Å²) in [5, 5.41) is 0.433. The minimum atomic E-state index is -0.243. The van der Waals surface area contributed by atoms with Crippen LogP contribution in [0.4, 0.5) is 0 Å². The van der Waals surface area contributed by atoms with Gasteiger partial charge in [-0.3, -0.25) is 9.36 Å². The Hall–Kier alpha value is -3.25. The molecule has 4 aromatic rings. The molecule has 2 aromatic carbocycles. The quantitative estimate of drug-likeness (QED) is 0.539. The smallest absolute Gasteiger partial charge is 0.298 e. The van der Waals surface area contributed by atoms with Gasteiger partial charge in [0, 0.05) is 24.2 Å². The van der Waals surface area contributed by atoms with Crippen LogP contribution >= 0.6 is 11.6 Å². The summed E-state index contributed by atoms with van der Waals surface area (Å²) in [6.45, 7) is 0. The number of fused-ring (bicyclic) bond motifs is 1. The first kappa shape index (κ1) is 17.2. The molecule has 0 atom stereocenters. The number of ether oxygens (including phenoxy) is 2. The van der Waals surface area contributed by atoms with E-state index >= 15 is 0 Å². The average Bonchev–Trinajstić information content (AvgIpc) is 3.14. The highest BCUT2D eigenvalue weighted by molar-refractivity contribution is 6.32. The first-order chi connectivity index (χ1) is 13.1. The van der Waals surface area contributed by atoms with Crippen LogP contribution in [0.25, 0.3) is 22.6 Å². The molecule has 7 heteroatoms. The van der Waals surface area contributed by atoms with Crippen LogP contribution in [-0.4, -0.2) is 28.2 Å². The van der Waals surface area contributed by atoms with E-state index in [9.17, 15) is 4.79 Å². The van der Waals surface area contributed by atoms with E-state index in [0.717, 1.165) is 11.3 Å². The molecule has 0 amide bonds. The van der Waals surface area contributed by atoms with Gasteiger partial charge in [-0.2, -0.15) is 0 Å². The van der Waals surface area contributed by atoms with Gasteiger partial charge in [0.05, 0.1) is 30.6 Å². The van der Waals surface area contributed by atoms with Crippen LogP contribution in [0.15, 0.2) is 65.8 Å². The van der Waals surface area contributed by atoms with E-state index in [1.165, 1.54) is 4.57 Å². The number of hydrogen-bond donors (Lipinski definition) is 0. The second-order valence-electron chi connectivity index (χ2n) is 5.88. The number of benzene rings is 2. The van der Waals surface area contributed by atoms with E-state index < -0.39 is 0 Å². The molecular formula is C20H16ClN3O3. The summed E-state index contributed by atoms with van der Waals surface area (Å²) >= 11 is 6.19. The molecule has 136 valence electrons. The summed E-state index contributed by atoms with van der Waals surface area (Å²) in [6.07, 6.45) is 5.28. The standard InChI is InChI=1S/C20H16ClN3O3/c1-26-15-5-3-4-13(10-15)17-12-23-8-9-24(20(25)19(23)22-17)14-6-7-18(27-2)16(21)11-14/h3-12H,1-2H3. The van der Waals surface area contributed by atoms with Crippen LogP contribution in [0.2, 0.25) is 5.02 Å². The van der Waals surface area contributed by atoms with Gasteiger partial charge in [0.2, 0.25) is 5.65 Å². The molecule has 0 aliphatic rings. The largest absolute Gasteiger partial charge is 0.497 e. The highest BCUT2D eigenvalue weighted by Crippen LogP contribution is 2.26. The Morgan fingerprint density at radius 1 is 1.04 bits per heavy atom. The maximum absolute atomic E-state index is 12.9. The minimum Gasteiger partial charge on any atom is -0.497 e. The zero-order valence-corrected chi connectivity index (χ0v) is 15.5. The predicted molar refractivity (Wildman–Crippen MR) is 104 cm³/mol. The molecule has 0 saturated carbocycles. The fourth-order valence-corrected chi connectivity index (χ4v) is 3.16. The molecule has 0 bridgehead atoms. The van der Waals surface area contributed by atoms with Gasteiger partial charge in [0.1, 0.15) is 11.5 Å². The molecule has 27 heavy (non-hydrogen) atoms. The second kappa shape index (κ2) is 6.81. The van der Waals surface area contributed by atoms with Crippen LogP contribution in [0.1, 0.15) is 0 Å². The van der Waals surface area contributed by atoms with Crippen LogP contribution in [0, 0.1) is 0 Å². The van der Waals surface area contributed by atoms with Crippen molar-refractivity contribution in [3.63, 3.8) is 0 Å². The molecule has 0 radical (unpaired) electrons. The van der Waals surface area contributed by atoms with Gasteiger partial charge in [-0.25, -0.2) is 4.98 Å². The van der Waals surface area contributed by atoms with Crippen LogP contribution < -0.4 is 15.0 Å².